The molecule has 0 aliphatic carbocycles. The third-order valence-electron chi connectivity index (χ3n) is 4.55. The Bertz CT molecular complexity index is 1100. The Morgan fingerprint density at radius 3 is 2.28 bits per heavy atom. The van der Waals surface area contributed by atoms with Crippen LogP contribution >= 0.6 is 0 Å². The van der Waals surface area contributed by atoms with E-state index in [0.717, 1.165) is 5.56 Å². The zero-order chi connectivity index (χ0) is 22.9. The SMILES string of the molecule is CC(=O)Oc1cccc(C(=O)N[C@@H](Cc2cccc(OCc3ccccc3)c2)C(=O)O)c1. The van der Waals surface area contributed by atoms with Crippen LogP contribution in [0.25, 0.3) is 0 Å². The lowest BCUT2D eigenvalue weighted by Crippen LogP contribution is -2.42. The van der Waals surface area contributed by atoms with E-state index in [1.165, 1.54) is 25.1 Å². The first-order chi connectivity index (χ1) is 15.4. The van der Waals surface area contributed by atoms with E-state index >= 15 is 0 Å². The van der Waals surface area contributed by atoms with Gasteiger partial charge in [-0.15, -0.1) is 0 Å². The smallest absolute Gasteiger partial charge is 0.326 e. The zero-order valence-electron chi connectivity index (χ0n) is 17.5. The summed E-state index contributed by atoms with van der Waals surface area (Å²) in [5.74, 6) is -1.44. The van der Waals surface area contributed by atoms with Crippen molar-refractivity contribution in [3.63, 3.8) is 0 Å². The van der Waals surface area contributed by atoms with Gasteiger partial charge in [0.2, 0.25) is 0 Å². The molecule has 0 radical (unpaired) electrons. The molecule has 7 heteroatoms. The monoisotopic (exact) mass is 433 g/mol. The van der Waals surface area contributed by atoms with E-state index in [4.69, 9.17) is 9.47 Å². The van der Waals surface area contributed by atoms with Crippen LogP contribution < -0.4 is 14.8 Å². The first kappa shape index (κ1) is 22.6. The van der Waals surface area contributed by atoms with Crippen molar-refractivity contribution in [2.45, 2.75) is 26.0 Å². The fourth-order valence-electron chi connectivity index (χ4n) is 3.05. The molecule has 1 amide bonds. The summed E-state index contributed by atoms with van der Waals surface area (Å²) in [6.45, 7) is 1.65. The summed E-state index contributed by atoms with van der Waals surface area (Å²) in [6, 6.07) is 21.6. The number of nitrogens with one attached hydrogen (secondary N) is 1. The van der Waals surface area contributed by atoms with Gasteiger partial charge in [0.25, 0.3) is 5.91 Å². The van der Waals surface area contributed by atoms with Gasteiger partial charge in [-0.1, -0.05) is 48.5 Å². The van der Waals surface area contributed by atoms with E-state index in [2.05, 4.69) is 5.32 Å². The molecule has 7 nitrogen and oxygen atoms in total. The van der Waals surface area contributed by atoms with Crippen molar-refractivity contribution in [2.75, 3.05) is 0 Å². The minimum absolute atomic E-state index is 0.0766. The lowest BCUT2D eigenvalue weighted by molar-refractivity contribution is -0.139. The van der Waals surface area contributed by atoms with Crippen LogP contribution in [0.15, 0.2) is 78.9 Å². The van der Waals surface area contributed by atoms with Crippen LogP contribution in [0.2, 0.25) is 0 Å². The van der Waals surface area contributed by atoms with Crippen molar-refractivity contribution < 1.29 is 29.0 Å². The highest BCUT2D eigenvalue weighted by Crippen LogP contribution is 2.18. The minimum atomic E-state index is -1.16. The number of carboxylic acid groups (broad SMARTS) is 1. The topological polar surface area (TPSA) is 102 Å². The van der Waals surface area contributed by atoms with Gasteiger partial charge in [-0.05, 0) is 41.5 Å². The highest BCUT2D eigenvalue weighted by Gasteiger charge is 2.22. The van der Waals surface area contributed by atoms with Gasteiger partial charge in [0.15, 0.2) is 0 Å². The minimum Gasteiger partial charge on any atom is -0.489 e. The number of aliphatic carboxylic acids is 1. The van der Waals surface area contributed by atoms with Gasteiger partial charge < -0.3 is 19.9 Å². The molecule has 0 aliphatic heterocycles. The maximum Gasteiger partial charge on any atom is 0.326 e. The Kier molecular flexibility index (Phi) is 7.59. The van der Waals surface area contributed by atoms with Crippen LogP contribution in [0.4, 0.5) is 0 Å². The van der Waals surface area contributed by atoms with E-state index in [-0.39, 0.29) is 17.7 Å². The van der Waals surface area contributed by atoms with E-state index in [0.29, 0.717) is 17.9 Å². The molecule has 1 atom stereocenters. The van der Waals surface area contributed by atoms with Crippen LogP contribution in [0.5, 0.6) is 11.5 Å². The highest BCUT2D eigenvalue weighted by molar-refractivity contribution is 5.97. The second-order valence-electron chi connectivity index (χ2n) is 7.11. The standard InChI is InChI=1S/C25H23NO6/c1-17(27)32-22-12-6-10-20(15-22)24(28)26-23(25(29)30)14-19-9-5-11-21(13-19)31-16-18-7-3-2-4-8-18/h2-13,15,23H,14,16H2,1H3,(H,26,28)(H,29,30)/t23-/m0/s1. The molecule has 3 aromatic carbocycles. The summed E-state index contributed by atoms with van der Waals surface area (Å²) < 4.78 is 10.8. The lowest BCUT2D eigenvalue weighted by Gasteiger charge is -2.16. The molecule has 0 bridgehead atoms. The molecule has 164 valence electrons. The average Bonchev–Trinajstić information content (AvgIpc) is 2.78. The van der Waals surface area contributed by atoms with Crippen LogP contribution in [-0.4, -0.2) is 29.0 Å². The van der Waals surface area contributed by atoms with Crippen molar-refractivity contribution in [1.29, 1.82) is 0 Å². The Morgan fingerprint density at radius 1 is 0.875 bits per heavy atom. The maximum atomic E-state index is 12.6. The Balaban J connectivity index is 1.66. The van der Waals surface area contributed by atoms with Gasteiger partial charge in [-0.25, -0.2) is 4.79 Å². The molecule has 0 saturated heterocycles. The normalized spacial score (nSPS) is 11.3. The summed E-state index contributed by atoms with van der Waals surface area (Å²) in [5.41, 5.74) is 1.91. The molecule has 32 heavy (non-hydrogen) atoms. The average molecular weight is 433 g/mol. The first-order valence-electron chi connectivity index (χ1n) is 9.98. The fraction of sp³-hybridized carbons (Fsp3) is 0.160. The van der Waals surface area contributed by atoms with Crippen molar-refractivity contribution in [3.05, 3.63) is 95.6 Å². The van der Waals surface area contributed by atoms with Gasteiger partial charge in [-0.2, -0.15) is 0 Å². The number of benzene rings is 3. The predicted octanol–water partition coefficient (Wildman–Crippen LogP) is 3.62. The zero-order valence-corrected chi connectivity index (χ0v) is 17.5. The van der Waals surface area contributed by atoms with Gasteiger partial charge >= 0.3 is 11.9 Å². The lowest BCUT2D eigenvalue weighted by atomic mass is 10.0. The van der Waals surface area contributed by atoms with E-state index < -0.39 is 23.9 Å². The first-order valence-corrected chi connectivity index (χ1v) is 9.98. The summed E-state index contributed by atoms with van der Waals surface area (Å²) in [7, 11) is 0. The van der Waals surface area contributed by atoms with E-state index in [1.54, 1.807) is 30.3 Å². The predicted molar refractivity (Wildman–Crippen MR) is 118 cm³/mol. The molecule has 2 N–H and O–H groups in total. The quantitative estimate of drug-likeness (QED) is 0.395. The molecule has 0 heterocycles. The molecule has 0 fully saturated rings. The molecule has 0 spiro atoms. The van der Waals surface area contributed by atoms with Crippen molar-refractivity contribution in [1.82, 2.24) is 5.32 Å². The number of amides is 1. The number of ether oxygens (including phenoxy) is 2. The fourth-order valence-corrected chi connectivity index (χ4v) is 3.05. The van der Waals surface area contributed by atoms with Gasteiger partial charge in [0.1, 0.15) is 24.1 Å². The largest absolute Gasteiger partial charge is 0.489 e. The molecule has 0 unspecified atom stereocenters. The van der Waals surface area contributed by atoms with Crippen LogP contribution in [0.1, 0.15) is 28.4 Å². The highest BCUT2D eigenvalue weighted by atomic mass is 16.5. The third-order valence-corrected chi connectivity index (χ3v) is 4.55. The number of carboxylic acids is 1. The second-order valence-corrected chi connectivity index (χ2v) is 7.11. The van der Waals surface area contributed by atoms with Crippen LogP contribution in [0.3, 0.4) is 0 Å². The summed E-state index contributed by atoms with van der Waals surface area (Å²) in [6.07, 6.45) is 0.0766. The number of hydrogen-bond donors (Lipinski definition) is 2. The number of carbonyl (C=O) groups is 3. The van der Waals surface area contributed by atoms with Crippen molar-refractivity contribution in [2.24, 2.45) is 0 Å². The van der Waals surface area contributed by atoms with E-state index in [1.807, 2.05) is 30.3 Å². The van der Waals surface area contributed by atoms with Crippen molar-refractivity contribution >= 4 is 17.8 Å². The van der Waals surface area contributed by atoms with Crippen LogP contribution in [0, 0.1) is 0 Å². The summed E-state index contributed by atoms with van der Waals surface area (Å²) in [5, 5.41) is 12.1. The molecule has 3 aromatic rings. The number of rotatable bonds is 9. The molecule has 3 rings (SSSR count). The van der Waals surface area contributed by atoms with E-state index in [9.17, 15) is 19.5 Å². The molecule has 0 aromatic heterocycles. The molecule has 0 aliphatic rings. The molecular weight excluding hydrogens is 410 g/mol. The Hall–Kier alpha value is -4.13. The number of hydrogen-bond acceptors (Lipinski definition) is 5. The third kappa shape index (κ3) is 6.70. The Morgan fingerprint density at radius 2 is 1.56 bits per heavy atom. The van der Waals surface area contributed by atoms with Gasteiger partial charge in [-0.3, -0.25) is 9.59 Å². The maximum absolute atomic E-state index is 12.6. The molecule has 0 saturated carbocycles. The summed E-state index contributed by atoms with van der Waals surface area (Å²) >= 11 is 0. The van der Waals surface area contributed by atoms with Crippen molar-refractivity contribution in [3.8, 4) is 11.5 Å². The molecular formula is C25H23NO6. The Labute approximate surface area is 185 Å². The van der Waals surface area contributed by atoms with Gasteiger partial charge in [0, 0.05) is 18.9 Å². The van der Waals surface area contributed by atoms with Crippen LogP contribution in [-0.2, 0) is 22.6 Å². The summed E-state index contributed by atoms with van der Waals surface area (Å²) in [4.78, 5) is 35.4. The number of esters is 1. The van der Waals surface area contributed by atoms with Gasteiger partial charge in [0.05, 0.1) is 0 Å². The second kappa shape index (κ2) is 10.8. The number of carbonyl (C=O) groups excluding carboxylic acids is 2.